The van der Waals surface area contributed by atoms with Gasteiger partial charge in [0, 0.05) is 26.2 Å². The third-order valence-electron chi connectivity index (χ3n) is 11.4. The molecule has 12 aromatic rings. The van der Waals surface area contributed by atoms with E-state index in [1.807, 2.05) is 11.3 Å². The molecule has 1 nitrogen and oxygen atoms in total. The van der Waals surface area contributed by atoms with E-state index in [0.29, 0.717) is 0 Å². The van der Waals surface area contributed by atoms with Crippen LogP contribution in [0.25, 0.3) is 119 Å². The highest BCUT2D eigenvalue weighted by Crippen LogP contribution is 2.46. The van der Waals surface area contributed by atoms with Crippen LogP contribution in [0, 0.1) is 0 Å². The third-order valence-corrected chi connectivity index (χ3v) is 12.6. The van der Waals surface area contributed by atoms with Gasteiger partial charge in [0.2, 0.25) is 0 Å². The van der Waals surface area contributed by atoms with Crippen molar-refractivity contribution in [3.05, 3.63) is 182 Å². The Hall–Kier alpha value is -6.74. The molecular weight excluding hydrogens is 673 g/mol. The zero-order valence-corrected chi connectivity index (χ0v) is 30.0. The van der Waals surface area contributed by atoms with Crippen LogP contribution in [-0.4, -0.2) is 0 Å². The Labute approximate surface area is 315 Å². The summed E-state index contributed by atoms with van der Waals surface area (Å²) in [4.78, 5) is 0. The minimum Gasteiger partial charge on any atom is -0.455 e. The molecule has 0 atom stereocenters. The number of thiophene rings is 1. The van der Waals surface area contributed by atoms with E-state index in [-0.39, 0.29) is 0 Å². The summed E-state index contributed by atoms with van der Waals surface area (Å²) >= 11 is 1.82. The van der Waals surface area contributed by atoms with Crippen molar-refractivity contribution in [1.29, 1.82) is 0 Å². The maximum absolute atomic E-state index is 6.60. The van der Waals surface area contributed by atoms with Crippen molar-refractivity contribution in [2.24, 2.45) is 0 Å². The van der Waals surface area contributed by atoms with Gasteiger partial charge in [-0.15, -0.1) is 11.3 Å². The summed E-state index contributed by atoms with van der Waals surface area (Å²) in [6.07, 6.45) is 0. The van der Waals surface area contributed by atoms with Crippen LogP contribution in [0.3, 0.4) is 0 Å². The standard InChI is InChI=1S/C52H30OS/c1-3-9-31(10-4-1)36-27-37(32-11-5-2-6-12-32)29-38(28-36)40-21-16-34-17-22-42-39(20-15-33-18-23-43(40)50(34)49(33)42)35-19-26-47-46(30-35)44-24-25-45-41-13-7-8-14-48(41)54-52(45)51(44)53-47/h1-30H. The molecule has 12 rings (SSSR count). The molecular formula is C52H30OS. The molecule has 2 aromatic heterocycles. The van der Waals surface area contributed by atoms with Crippen molar-refractivity contribution in [2.45, 2.75) is 0 Å². The Morgan fingerprint density at radius 3 is 1.57 bits per heavy atom. The molecule has 0 saturated carbocycles. The molecule has 0 aliphatic heterocycles. The number of furan rings is 1. The maximum atomic E-state index is 6.60. The van der Waals surface area contributed by atoms with Crippen molar-refractivity contribution >= 4 is 85.8 Å². The van der Waals surface area contributed by atoms with E-state index in [9.17, 15) is 0 Å². The molecule has 2 heterocycles. The van der Waals surface area contributed by atoms with Crippen LogP contribution in [0.1, 0.15) is 0 Å². The van der Waals surface area contributed by atoms with Gasteiger partial charge < -0.3 is 4.42 Å². The molecule has 0 radical (unpaired) electrons. The second-order valence-corrected chi connectivity index (χ2v) is 15.5. The zero-order chi connectivity index (χ0) is 35.3. The van der Waals surface area contributed by atoms with Crippen LogP contribution in [0.15, 0.2) is 186 Å². The smallest absolute Gasteiger partial charge is 0.153 e. The quantitative estimate of drug-likeness (QED) is 0.166. The van der Waals surface area contributed by atoms with Crippen LogP contribution >= 0.6 is 11.3 Å². The molecule has 0 spiro atoms. The first-order chi connectivity index (χ1) is 26.7. The monoisotopic (exact) mass is 702 g/mol. The van der Waals surface area contributed by atoms with E-state index in [1.54, 1.807) is 0 Å². The summed E-state index contributed by atoms with van der Waals surface area (Å²) < 4.78 is 9.11. The maximum Gasteiger partial charge on any atom is 0.153 e. The van der Waals surface area contributed by atoms with Crippen LogP contribution in [0.4, 0.5) is 0 Å². The van der Waals surface area contributed by atoms with Gasteiger partial charge in [-0.1, -0.05) is 140 Å². The van der Waals surface area contributed by atoms with Gasteiger partial charge in [-0.05, 0) is 119 Å². The van der Waals surface area contributed by atoms with Gasteiger partial charge in [-0.3, -0.25) is 0 Å². The van der Waals surface area contributed by atoms with Crippen LogP contribution in [0.2, 0.25) is 0 Å². The molecule has 250 valence electrons. The average molecular weight is 703 g/mol. The van der Waals surface area contributed by atoms with Gasteiger partial charge in [0.05, 0.1) is 4.70 Å². The first kappa shape index (κ1) is 29.8. The summed E-state index contributed by atoms with van der Waals surface area (Å²) in [6, 6.07) is 66.8. The van der Waals surface area contributed by atoms with E-state index in [0.717, 1.165) is 16.6 Å². The van der Waals surface area contributed by atoms with Crippen LogP contribution < -0.4 is 0 Å². The van der Waals surface area contributed by atoms with Crippen molar-refractivity contribution in [3.63, 3.8) is 0 Å². The lowest BCUT2D eigenvalue weighted by Crippen LogP contribution is -1.91. The minimum atomic E-state index is 0.925. The lowest BCUT2D eigenvalue weighted by molar-refractivity contribution is 0.673. The summed E-state index contributed by atoms with van der Waals surface area (Å²) in [6.45, 7) is 0. The predicted octanol–water partition coefficient (Wildman–Crippen LogP) is 15.5. The largest absolute Gasteiger partial charge is 0.455 e. The Morgan fingerprint density at radius 1 is 0.333 bits per heavy atom. The van der Waals surface area contributed by atoms with Crippen LogP contribution in [0.5, 0.6) is 0 Å². The summed E-state index contributed by atoms with van der Waals surface area (Å²) in [5.41, 5.74) is 11.7. The Kier molecular flexibility index (Phi) is 6.28. The highest BCUT2D eigenvalue weighted by Gasteiger charge is 2.18. The Morgan fingerprint density at radius 2 is 0.889 bits per heavy atom. The van der Waals surface area contributed by atoms with Gasteiger partial charge in [0.15, 0.2) is 5.58 Å². The molecule has 0 saturated heterocycles. The average Bonchev–Trinajstić information content (AvgIpc) is 3.81. The SMILES string of the molecule is c1ccc(-c2cc(-c3ccccc3)cc(-c3ccc4ccc5c(-c6ccc7oc8c(ccc9c%10ccccc%10sc98)c7c6)ccc6ccc3c4c65)c2)cc1. The lowest BCUT2D eigenvalue weighted by Gasteiger charge is -2.17. The van der Waals surface area contributed by atoms with E-state index in [1.165, 1.54) is 102 Å². The topological polar surface area (TPSA) is 13.1 Å². The third kappa shape index (κ3) is 4.38. The molecule has 0 fully saturated rings. The van der Waals surface area contributed by atoms with E-state index in [4.69, 9.17) is 4.42 Å². The molecule has 0 bridgehead atoms. The fourth-order valence-electron chi connectivity index (χ4n) is 8.87. The number of rotatable bonds is 4. The van der Waals surface area contributed by atoms with E-state index < -0.39 is 0 Å². The number of fused-ring (bicyclic) bond motifs is 7. The minimum absolute atomic E-state index is 0.925. The lowest BCUT2D eigenvalue weighted by atomic mass is 9.86. The van der Waals surface area contributed by atoms with Gasteiger partial charge >= 0.3 is 0 Å². The van der Waals surface area contributed by atoms with Crippen LogP contribution in [-0.2, 0) is 0 Å². The molecule has 0 aliphatic rings. The van der Waals surface area contributed by atoms with E-state index in [2.05, 4.69) is 182 Å². The Bertz CT molecular complexity index is 3370. The zero-order valence-electron chi connectivity index (χ0n) is 29.1. The molecule has 2 heteroatoms. The fourth-order valence-corrected chi connectivity index (χ4v) is 10.1. The first-order valence-corrected chi connectivity index (χ1v) is 19.3. The van der Waals surface area contributed by atoms with E-state index >= 15 is 0 Å². The van der Waals surface area contributed by atoms with Crippen molar-refractivity contribution < 1.29 is 4.42 Å². The molecule has 10 aromatic carbocycles. The van der Waals surface area contributed by atoms with Gasteiger partial charge in [0.25, 0.3) is 0 Å². The number of hydrogen-bond acceptors (Lipinski definition) is 2. The van der Waals surface area contributed by atoms with Crippen molar-refractivity contribution in [3.8, 4) is 44.5 Å². The second-order valence-electron chi connectivity index (χ2n) is 14.4. The normalized spacial score (nSPS) is 12.1. The van der Waals surface area contributed by atoms with Gasteiger partial charge in [0.1, 0.15) is 5.58 Å². The Balaban J connectivity index is 1.06. The van der Waals surface area contributed by atoms with Crippen molar-refractivity contribution in [1.82, 2.24) is 0 Å². The van der Waals surface area contributed by atoms with Crippen molar-refractivity contribution in [2.75, 3.05) is 0 Å². The second kappa shape index (κ2) is 11.4. The number of benzene rings is 10. The molecule has 54 heavy (non-hydrogen) atoms. The molecule has 0 unspecified atom stereocenters. The van der Waals surface area contributed by atoms with Gasteiger partial charge in [-0.25, -0.2) is 0 Å². The number of hydrogen-bond donors (Lipinski definition) is 0. The summed E-state index contributed by atoms with van der Waals surface area (Å²) in [5.74, 6) is 0. The summed E-state index contributed by atoms with van der Waals surface area (Å²) in [5, 5.41) is 12.6. The van der Waals surface area contributed by atoms with Gasteiger partial charge in [-0.2, -0.15) is 0 Å². The molecule has 0 N–H and O–H groups in total. The summed E-state index contributed by atoms with van der Waals surface area (Å²) in [7, 11) is 0. The predicted molar refractivity (Wildman–Crippen MR) is 232 cm³/mol. The first-order valence-electron chi connectivity index (χ1n) is 18.5. The highest BCUT2D eigenvalue weighted by molar-refractivity contribution is 7.26. The fraction of sp³-hybridized carbons (Fsp3) is 0. The molecule has 0 amide bonds. The molecule has 0 aliphatic carbocycles. The highest BCUT2D eigenvalue weighted by atomic mass is 32.1.